The lowest BCUT2D eigenvalue weighted by Gasteiger charge is -2.01. The zero-order valence-corrected chi connectivity index (χ0v) is 10.7. The summed E-state index contributed by atoms with van der Waals surface area (Å²) in [4.78, 5) is 12.3. The fraction of sp³-hybridized carbons (Fsp3) is 0.118. The lowest BCUT2D eigenvalue weighted by molar-refractivity contribution is 0.104. The second kappa shape index (κ2) is 4.73. The van der Waals surface area contributed by atoms with Crippen LogP contribution in [0.4, 0.5) is 0 Å². The largest absolute Gasteiger partial charge is 0.497 e. The van der Waals surface area contributed by atoms with Crippen LogP contribution in [0.25, 0.3) is 6.08 Å². The maximum absolute atomic E-state index is 12.3. The second-order valence-electron chi connectivity index (χ2n) is 4.61. The van der Waals surface area contributed by atoms with Crippen LogP contribution >= 0.6 is 0 Å². The molecule has 2 heteroatoms. The van der Waals surface area contributed by atoms with Crippen LogP contribution in [0.5, 0.6) is 5.75 Å². The highest BCUT2D eigenvalue weighted by molar-refractivity contribution is 6.15. The van der Waals surface area contributed by atoms with Gasteiger partial charge in [-0.3, -0.25) is 4.79 Å². The van der Waals surface area contributed by atoms with Gasteiger partial charge in [0.1, 0.15) is 5.75 Å². The van der Waals surface area contributed by atoms with Gasteiger partial charge in [-0.25, -0.2) is 0 Å². The molecule has 0 spiro atoms. The number of fused-ring (bicyclic) bond motifs is 1. The lowest BCUT2D eigenvalue weighted by Crippen LogP contribution is -1.95. The molecule has 19 heavy (non-hydrogen) atoms. The van der Waals surface area contributed by atoms with E-state index in [9.17, 15) is 4.79 Å². The van der Waals surface area contributed by atoms with Crippen LogP contribution in [0.15, 0.2) is 54.1 Å². The first-order valence-corrected chi connectivity index (χ1v) is 6.25. The molecule has 1 aliphatic rings. The number of benzene rings is 2. The van der Waals surface area contributed by atoms with Crippen LogP contribution in [0.2, 0.25) is 0 Å². The highest BCUT2D eigenvalue weighted by Crippen LogP contribution is 2.30. The van der Waals surface area contributed by atoms with Gasteiger partial charge in [0.05, 0.1) is 7.11 Å². The Kier molecular flexibility index (Phi) is 2.92. The van der Waals surface area contributed by atoms with Crippen LogP contribution in [0.3, 0.4) is 0 Å². The summed E-state index contributed by atoms with van der Waals surface area (Å²) in [6.07, 6.45) is 2.67. The van der Waals surface area contributed by atoms with Gasteiger partial charge in [0.2, 0.25) is 0 Å². The number of methoxy groups -OCH3 is 1. The molecule has 0 saturated carbocycles. The fourth-order valence-electron chi connectivity index (χ4n) is 2.37. The Morgan fingerprint density at radius 2 is 1.89 bits per heavy atom. The third-order valence-corrected chi connectivity index (χ3v) is 3.37. The van der Waals surface area contributed by atoms with Gasteiger partial charge in [-0.05, 0) is 29.3 Å². The Morgan fingerprint density at radius 3 is 2.63 bits per heavy atom. The van der Waals surface area contributed by atoms with Gasteiger partial charge < -0.3 is 4.74 Å². The molecule has 0 bridgehead atoms. The van der Waals surface area contributed by atoms with Crippen molar-refractivity contribution in [2.24, 2.45) is 0 Å². The summed E-state index contributed by atoms with van der Waals surface area (Å²) in [5.74, 6) is 0.839. The van der Waals surface area contributed by atoms with E-state index in [0.29, 0.717) is 6.42 Å². The molecule has 0 heterocycles. The average Bonchev–Trinajstić information content (AvgIpc) is 2.76. The fourth-order valence-corrected chi connectivity index (χ4v) is 2.37. The van der Waals surface area contributed by atoms with Gasteiger partial charge in [-0.2, -0.15) is 0 Å². The molecule has 94 valence electrons. The Hall–Kier alpha value is -2.35. The monoisotopic (exact) mass is 250 g/mol. The molecule has 2 nitrogen and oxygen atoms in total. The second-order valence-corrected chi connectivity index (χ2v) is 4.61. The minimum atomic E-state index is 0.109. The molecule has 1 aliphatic carbocycles. The molecule has 3 rings (SSSR count). The van der Waals surface area contributed by atoms with Crippen LogP contribution in [0.1, 0.15) is 21.5 Å². The topological polar surface area (TPSA) is 26.3 Å². The van der Waals surface area contributed by atoms with E-state index in [1.54, 1.807) is 7.11 Å². The number of rotatable bonds is 2. The summed E-state index contributed by atoms with van der Waals surface area (Å²) < 4.78 is 5.17. The molecular formula is C17H14O2. The van der Waals surface area contributed by atoms with E-state index in [1.807, 2.05) is 54.6 Å². The van der Waals surface area contributed by atoms with Crippen molar-refractivity contribution < 1.29 is 9.53 Å². The van der Waals surface area contributed by atoms with Crippen molar-refractivity contribution in [2.75, 3.05) is 7.11 Å². The van der Waals surface area contributed by atoms with E-state index in [1.165, 1.54) is 0 Å². The number of hydrogen-bond acceptors (Lipinski definition) is 2. The minimum Gasteiger partial charge on any atom is -0.497 e. The molecule has 0 aliphatic heterocycles. The molecule has 0 atom stereocenters. The number of ether oxygens (including phenoxy) is 1. The zero-order chi connectivity index (χ0) is 13.2. The van der Waals surface area contributed by atoms with E-state index >= 15 is 0 Å². The number of allylic oxidation sites excluding steroid dienone is 1. The Balaban J connectivity index is 1.97. The summed E-state index contributed by atoms with van der Waals surface area (Å²) in [6, 6.07) is 15.6. The number of carbonyl (C=O) groups excluding carboxylic acids is 1. The van der Waals surface area contributed by atoms with E-state index in [0.717, 1.165) is 28.0 Å². The van der Waals surface area contributed by atoms with Crippen molar-refractivity contribution in [3.05, 3.63) is 70.8 Å². The summed E-state index contributed by atoms with van der Waals surface area (Å²) >= 11 is 0. The molecule has 0 N–H and O–H groups in total. The average molecular weight is 250 g/mol. The molecule has 2 aromatic carbocycles. The third kappa shape index (κ3) is 2.17. The molecule has 0 saturated heterocycles. The lowest BCUT2D eigenvalue weighted by atomic mass is 10.1. The van der Waals surface area contributed by atoms with Crippen molar-refractivity contribution >= 4 is 11.9 Å². The molecule has 0 amide bonds. The maximum Gasteiger partial charge on any atom is 0.189 e. The number of ketones is 1. The molecule has 0 aromatic heterocycles. The minimum absolute atomic E-state index is 0.109. The Bertz CT molecular complexity index is 654. The first-order chi connectivity index (χ1) is 9.28. The maximum atomic E-state index is 12.3. The van der Waals surface area contributed by atoms with E-state index in [2.05, 4.69) is 0 Å². The van der Waals surface area contributed by atoms with E-state index in [4.69, 9.17) is 4.74 Å². The van der Waals surface area contributed by atoms with Gasteiger partial charge in [0, 0.05) is 17.6 Å². The van der Waals surface area contributed by atoms with Crippen LogP contribution in [-0.2, 0) is 6.42 Å². The quantitative estimate of drug-likeness (QED) is 0.762. The molecule has 0 unspecified atom stereocenters. The molecule has 0 fully saturated rings. The molecule has 2 aromatic rings. The van der Waals surface area contributed by atoms with Crippen molar-refractivity contribution in [3.63, 3.8) is 0 Å². The van der Waals surface area contributed by atoms with Gasteiger partial charge >= 0.3 is 0 Å². The van der Waals surface area contributed by atoms with Crippen molar-refractivity contribution in [2.45, 2.75) is 6.42 Å². The number of hydrogen-bond donors (Lipinski definition) is 0. The normalized spacial score (nSPS) is 15.6. The van der Waals surface area contributed by atoms with Crippen LogP contribution in [-0.4, -0.2) is 12.9 Å². The first-order valence-electron chi connectivity index (χ1n) is 6.25. The van der Waals surface area contributed by atoms with Crippen LogP contribution < -0.4 is 4.74 Å². The smallest absolute Gasteiger partial charge is 0.189 e. The summed E-state index contributed by atoms with van der Waals surface area (Å²) in [7, 11) is 1.61. The standard InChI is InChI=1S/C17H14O2/c1-19-15-8-7-13-10-14(17(18)16(13)11-15)9-12-5-3-2-4-6-12/h2-9,11H,10H2,1H3. The van der Waals surface area contributed by atoms with Crippen LogP contribution in [0, 0.1) is 0 Å². The number of Topliss-reactive ketones (excluding diaryl/α,β-unsaturated/α-hetero) is 1. The predicted molar refractivity (Wildman–Crippen MR) is 75.4 cm³/mol. The van der Waals surface area contributed by atoms with Gasteiger partial charge in [-0.1, -0.05) is 36.4 Å². The highest BCUT2D eigenvalue weighted by Gasteiger charge is 2.24. The SMILES string of the molecule is COc1ccc2c(c1)C(=O)C(=Cc1ccccc1)C2. The Labute approximate surface area is 112 Å². The summed E-state index contributed by atoms with van der Waals surface area (Å²) in [5.41, 5.74) is 3.74. The zero-order valence-electron chi connectivity index (χ0n) is 10.7. The van der Waals surface area contributed by atoms with E-state index in [-0.39, 0.29) is 5.78 Å². The first kappa shape index (κ1) is 11.7. The highest BCUT2D eigenvalue weighted by atomic mass is 16.5. The van der Waals surface area contributed by atoms with Gasteiger partial charge in [-0.15, -0.1) is 0 Å². The molecule has 0 radical (unpaired) electrons. The third-order valence-electron chi connectivity index (χ3n) is 3.37. The predicted octanol–water partition coefficient (Wildman–Crippen LogP) is 3.52. The van der Waals surface area contributed by atoms with Crippen molar-refractivity contribution in [3.8, 4) is 5.75 Å². The summed E-state index contributed by atoms with van der Waals surface area (Å²) in [5, 5.41) is 0. The Morgan fingerprint density at radius 1 is 1.11 bits per heavy atom. The summed E-state index contributed by atoms with van der Waals surface area (Å²) in [6.45, 7) is 0. The van der Waals surface area contributed by atoms with Gasteiger partial charge in [0.25, 0.3) is 0 Å². The van der Waals surface area contributed by atoms with Crippen molar-refractivity contribution in [1.82, 2.24) is 0 Å². The van der Waals surface area contributed by atoms with Gasteiger partial charge in [0.15, 0.2) is 5.78 Å². The van der Waals surface area contributed by atoms with Crippen molar-refractivity contribution in [1.29, 1.82) is 0 Å². The van der Waals surface area contributed by atoms with E-state index < -0.39 is 0 Å². The molecular weight excluding hydrogens is 236 g/mol. The number of carbonyl (C=O) groups is 1.